The van der Waals surface area contributed by atoms with E-state index >= 15 is 0 Å². The van der Waals surface area contributed by atoms with Crippen LogP contribution in [0.15, 0.2) is 12.3 Å². The average molecular weight is 266 g/mol. The summed E-state index contributed by atoms with van der Waals surface area (Å²) in [6, 6.07) is 0.633. The van der Waals surface area contributed by atoms with Gasteiger partial charge in [0, 0.05) is 18.4 Å². The highest BCUT2D eigenvalue weighted by molar-refractivity contribution is 5.43. The van der Waals surface area contributed by atoms with Crippen LogP contribution in [-0.4, -0.2) is 33.0 Å². The second kappa shape index (κ2) is 5.51. The molecule has 0 amide bonds. The molecule has 0 aliphatic rings. The van der Waals surface area contributed by atoms with Gasteiger partial charge >= 0.3 is 6.18 Å². The summed E-state index contributed by atoms with van der Waals surface area (Å²) in [5.41, 5.74) is 3.97. The summed E-state index contributed by atoms with van der Waals surface area (Å²) in [5.74, 6) is -0.299. The first kappa shape index (κ1) is 14.7. The van der Waals surface area contributed by atoms with Crippen LogP contribution in [0.1, 0.15) is 23.7 Å². The van der Waals surface area contributed by atoms with Gasteiger partial charge < -0.3 is 21.1 Å². The Morgan fingerprint density at radius 1 is 1.33 bits per heavy atom. The molecule has 2 unspecified atom stereocenters. The minimum Gasteiger partial charge on any atom is -0.396 e. The molecule has 2 atom stereocenters. The van der Waals surface area contributed by atoms with Crippen LogP contribution in [-0.2, 0) is 6.18 Å². The number of rotatable bonds is 4. The van der Waals surface area contributed by atoms with Crippen molar-refractivity contribution in [2.45, 2.75) is 24.8 Å². The predicted octanol–water partition coefficient (Wildman–Crippen LogP) is 0.459. The molecule has 0 aliphatic carbocycles. The van der Waals surface area contributed by atoms with Gasteiger partial charge in [-0.05, 0) is 12.5 Å². The van der Waals surface area contributed by atoms with Gasteiger partial charge in [0.2, 0.25) is 0 Å². The summed E-state index contributed by atoms with van der Waals surface area (Å²) in [5, 5.41) is 27.6. The Morgan fingerprint density at radius 2 is 1.94 bits per heavy atom. The molecule has 0 radical (unpaired) electrons. The second-order valence-corrected chi connectivity index (χ2v) is 3.72. The maximum absolute atomic E-state index is 12.4. The molecule has 0 aliphatic heterocycles. The lowest BCUT2D eigenvalue weighted by Crippen LogP contribution is -2.21. The van der Waals surface area contributed by atoms with Crippen molar-refractivity contribution in [2.75, 3.05) is 12.3 Å². The zero-order valence-corrected chi connectivity index (χ0v) is 9.22. The highest BCUT2D eigenvalue weighted by Crippen LogP contribution is 2.32. The number of aliphatic hydroxyl groups is 3. The number of aliphatic hydroxyl groups excluding tert-OH is 3. The van der Waals surface area contributed by atoms with Crippen LogP contribution in [0.4, 0.5) is 19.0 Å². The molecule has 5 nitrogen and oxygen atoms in total. The molecule has 102 valence electrons. The lowest BCUT2D eigenvalue weighted by atomic mass is 10.0. The van der Waals surface area contributed by atoms with Crippen molar-refractivity contribution in [1.29, 1.82) is 0 Å². The molecule has 1 heterocycles. The Labute approximate surface area is 101 Å². The summed E-state index contributed by atoms with van der Waals surface area (Å²) in [4.78, 5) is 3.33. The molecule has 1 rings (SSSR count). The third kappa shape index (κ3) is 3.31. The van der Waals surface area contributed by atoms with Gasteiger partial charge in [-0.2, -0.15) is 13.2 Å². The van der Waals surface area contributed by atoms with E-state index < -0.39 is 30.6 Å². The fourth-order valence-electron chi connectivity index (χ4n) is 1.38. The van der Waals surface area contributed by atoms with Gasteiger partial charge in [-0.15, -0.1) is 0 Å². The smallest absolute Gasteiger partial charge is 0.396 e. The van der Waals surface area contributed by atoms with E-state index in [0.717, 1.165) is 0 Å². The number of halogens is 3. The number of aromatic nitrogens is 1. The van der Waals surface area contributed by atoms with Gasteiger partial charge in [-0.3, -0.25) is 0 Å². The number of alkyl halides is 3. The van der Waals surface area contributed by atoms with E-state index in [1.54, 1.807) is 0 Å². The number of hydrogen-bond donors (Lipinski definition) is 4. The molecule has 1 aromatic heterocycles. The molecule has 0 aromatic carbocycles. The van der Waals surface area contributed by atoms with E-state index in [4.69, 9.17) is 10.8 Å². The quantitative estimate of drug-likeness (QED) is 0.634. The van der Waals surface area contributed by atoms with Gasteiger partial charge in [0.15, 0.2) is 0 Å². The summed E-state index contributed by atoms with van der Waals surface area (Å²) < 4.78 is 37.3. The van der Waals surface area contributed by atoms with Gasteiger partial charge in [0.1, 0.15) is 11.9 Å². The molecule has 18 heavy (non-hydrogen) atoms. The number of hydrogen-bond acceptors (Lipinski definition) is 5. The van der Waals surface area contributed by atoms with Crippen molar-refractivity contribution >= 4 is 5.82 Å². The van der Waals surface area contributed by atoms with Crippen LogP contribution in [0.3, 0.4) is 0 Å². The van der Waals surface area contributed by atoms with Gasteiger partial charge in [0.05, 0.1) is 11.7 Å². The summed E-state index contributed by atoms with van der Waals surface area (Å²) in [7, 11) is 0. The number of pyridine rings is 1. The lowest BCUT2D eigenvalue weighted by molar-refractivity contribution is -0.138. The zero-order valence-electron chi connectivity index (χ0n) is 9.22. The normalized spacial score (nSPS) is 15.4. The fourth-order valence-corrected chi connectivity index (χ4v) is 1.38. The monoisotopic (exact) mass is 266 g/mol. The van der Waals surface area contributed by atoms with Crippen LogP contribution in [0.2, 0.25) is 0 Å². The van der Waals surface area contributed by atoms with E-state index in [-0.39, 0.29) is 17.8 Å². The van der Waals surface area contributed by atoms with E-state index in [1.165, 1.54) is 0 Å². The lowest BCUT2D eigenvalue weighted by Gasteiger charge is -2.19. The van der Waals surface area contributed by atoms with Crippen LogP contribution in [0.25, 0.3) is 0 Å². The maximum atomic E-state index is 12.4. The van der Waals surface area contributed by atoms with Crippen LogP contribution < -0.4 is 5.73 Å². The molecule has 0 bridgehead atoms. The third-order valence-electron chi connectivity index (χ3n) is 2.38. The zero-order chi connectivity index (χ0) is 13.9. The number of nitrogen functional groups attached to an aromatic ring is 1. The summed E-state index contributed by atoms with van der Waals surface area (Å²) in [6.07, 6.45) is -7.30. The van der Waals surface area contributed by atoms with Crippen molar-refractivity contribution in [2.24, 2.45) is 0 Å². The number of nitrogens with two attached hydrogens (primary N) is 1. The van der Waals surface area contributed by atoms with Crippen molar-refractivity contribution in [3.8, 4) is 0 Å². The van der Waals surface area contributed by atoms with Crippen LogP contribution in [0, 0.1) is 0 Å². The molecule has 0 saturated heterocycles. The van der Waals surface area contributed by atoms with Crippen molar-refractivity contribution in [3.63, 3.8) is 0 Å². The van der Waals surface area contributed by atoms with E-state index in [2.05, 4.69) is 4.98 Å². The highest BCUT2D eigenvalue weighted by atomic mass is 19.4. The second-order valence-electron chi connectivity index (χ2n) is 3.72. The molecule has 0 spiro atoms. The van der Waals surface area contributed by atoms with Gasteiger partial charge in [0.25, 0.3) is 0 Å². The minimum absolute atomic E-state index is 0.184. The fraction of sp³-hybridized carbons (Fsp3) is 0.500. The summed E-state index contributed by atoms with van der Waals surface area (Å²) in [6.45, 7) is -0.412. The Balaban J connectivity index is 3.08. The average Bonchev–Trinajstić information content (AvgIpc) is 2.27. The molecular weight excluding hydrogens is 253 g/mol. The minimum atomic E-state index is -4.61. The number of nitrogens with zero attached hydrogens (tertiary/aromatic N) is 1. The Bertz CT molecular complexity index is 412. The van der Waals surface area contributed by atoms with Gasteiger partial charge in [-0.1, -0.05) is 0 Å². The summed E-state index contributed by atoms with van der Waals surface area (Å²) >= 11 is 0. The predicted molar refractivity (Wildman–Crippen MR) is 56.3 cm³/mol. The molecule has 5 N–H and O–H groups in total. The van der Waals surface area contributed by atoms with E-state index in [9.17, 15) is 23.4 Å². The first-order valence-electron chi connectivity index (χ1n) is 5.07. The highest BCUT2D eigenvalue weighted by Gasteiger charge is 2.33. The topological polar surface area (TPSA) is 99.6 Å². The first-order valence-corrected chi connectivity index (χ1v) is 5.07. The van der Waals surface area contributed by atoms with E-state index in [1.807, 2.05) is 0 Å². The molecular formula is C10H13F3N2O3. The van der Waals surface area contributed by atoms with Gasteiger partial charge in [-0.25, -0.2) is 4.98 Å². The largest absolute Gasteiger partial charge is 0.417 e. The maximum Gasteiger partial charge on any atom is 0.417 e. The molecule has 1 aromatic rings. The van der Waals surface area contributed by atoms with E-state index in [0.29, 0.717) is 12.3 Å². The molecule has 0 fully saturated rings. The van der Waals surface area contributed by atoms with Crippen molar-refractivity contribution < 1.29 is 28.5 Å². The SMILES string of the molecule is Nc1ncc(C(F)(F)F)cc1C(O)C(O)CCO. The Kier molecular flexibility index (Phi) is 4.49. The first-order chi connectivity index (χ1) is 8.27. The third-order valence-corrected chi connectivity index (χ3v) is 2.38. The Hall–Kier alpha value is -1.38. The van der Waals surface area contributed by atoms with Crippen LogP contribution in [0.5, 0.6) is 0 Å². The van der Waals surface area contributed by atoms with Crippen LogP contribution >= 0.6 is 0 Å². The molecule has 0 saturated carbocycles. The standard InChI is InChI=1S/C10H13F3N2O3/c11-10(12,13)5-3-6(9(14)15-4-5)8(18)7(17)1-2-16/h3-4,7-8,16-18H,1-2H2,(H2,14,15). The molecule has 8 heteroatoms. The Morgan fingerprint density at radius 3 is 2.44 bits per heavy atom. The van der Waals surface area contributed by atoms with Crippen molar-refractivity contribution in [1.82, 2.24) is 4.98 Å². The number of anilines is 1. The van der Waals surface area contributed by atoms with Crippen molar-refractivity contribution in [3.05, 3.63) is 23.4 Å².